The van der Waals surface area contributed by atoms with Gasteiger partial charge in [-0.2, -0.15) is 0 Å². The van der Waals surface area contributed by atoms with Gasteiger partial charge < -0.3 is 15.0 Å². The van der Waals surface area contributed by atoms with Crippen molar-refractivity contribution in [3.63, 3.8) is 0 Å². The molecule has 3 heterocycles. The predicted octanol–water partition coefficient (Wildman–Crippen LogP) is 18.9. The van der Waals surface area contributed by atoms with E-state index in [4.69, 9.17) is 0 Å². The van der Waals surface area contributed by atoms with Crippen LogP contribution in [0, 0.1) is 18.2 Å². The molecule has 4 heteroatoms. The van der Waals surface area contributed by atoms with Crippen molar-refractivity contribution in [2.24, 2.45) is 0 Å². The van der Waals surface area contributed by atoms with Crippen LogP contribution in [0.3, 0.4) is 0 Å². The van der Waals surface area contributed by atoms with Gasteiger partial charge in [-0.3, -0.25) is 0 Å². The maximum absolute atomic E-state index is 4.46. The van der Waals surface area contributed by atoms with Gasteiger partial charge in [-0.1, -0.05) is 183 Å². The first-order valence-electron chi connectivity index (χ1n) is 25.2. The molecule has 0 bridgehead atoms. The maximum atomic E-state index is 4.46. The molecule has 3 aromatic heterocycles. The standard InChI is InChI=1S/2C31H22N.C11H8N.Ir/c2*1-2-23-15-17-24(18-16-23)25-8-5-9-26(20-25)27-10-6-11-28(21-27)29-12-7-13-30(22-29)31-14-3-4-19-32-31;1-2-6-10(7-3-1)11-8-4-5-9-12-11;/h2*2-12,14-22H,1H2;1-6,8-9H;/q3*-1;+3. The Kier molecular flexibility index (Phi) is 17.8. The molecule has 0 saturated heterocycles. The zero-order valence-electron chi connectivity index (χ0n) is 42.3. The van der Waals surface area contributed by atoms with Crippen molar-refractivity contribution in [2.45, 2.75) is 0 Å². The number of benzene rings is 9. The van der Waals surface area contributed by atoms with Gasteiger partial charge >= 0.3 is 20.1 Å². The Bertz CT molecular complexity index is 3570. The molecule has 0 saturated carbocycles. The number of rotatable bonds is 11. The molecule has 0 radical (unpaired) electrons. The van der Waals surface area contributed by atoms with E-state index < -0.39 is 0 Å². The summed E-state index contributed by atoms with van der Waals surface area (Å²) in [6, 6.07) is 99.5. The fraction of sp³-hybridized carbons (Fsp3) is 0. The van der Waals surface area contributed by atoms with Crippen LogP contribution < -0.4 is 0 Å². The summed E-state index contributed by atoms with van der Waals surface area (Å²) in [5.74, 6) is 0. The third-order valence-electron chi connectivity index (χ3n) is 12.9. The summed E-state index contributed by atoms with van der Waals surface area (Å²) in [4.78, 5) is 13.1. The first-order valence-corrected chi connectivity index (χ1v) is 25.2. The molecule has 0 aliphatic rings. The second-order valence-corrected chi connectivity index (χ2v) is 17.9. The summed E-state index contributed by atoms with van der Waals surface area (Å²) in [5.41, 5.74) is 22.4. The van der Waals surface area contributed by atoms with Gasteiger partial charge in [0.05, 0.1) is 0 Å². The first-order chi connectivity index (χ1) is 37.6. The van der Waals surface area contributed by atoms with E-state index in [1.54, 1.807) is 6.20 Å². The third kappa shape index (κ3) is 13.7. The van der Waals surface area contributed by atoms with Crippen LogP contribution in [0.15, 0.2) is 293 Å². The van der Waals surface area contributed by atoms with Gasteiger partial charge in [-0.25, -0.2) is 0 Å². The Hall–Kier alpha value is -9.44. The van der Waals surface area contributed by atoms with Gasteiger partial charge in [-0.05, 0) is 126 Å². The number of hydrogen-bond donors (Lipinski definition) is 0. The van der Waals surface area contributed by atoms with Crippen molar-refractivity contribution in [3.8, 4) is 101 Å². The number of pyridine rings is 3. The summed E-state index contributed by atoms with van der Waals surface area (Å²) < 4.78 is 0. The van der Waals surface area contributed by atoms with Crippen molar-refractivity contribution < 1.29 is 20.1 Å². The molecule has 12 aromatic rings. The smallest absolute Gasteiger partial charge is 0.305 e. The van der Waals surface area contributed by atoms with Crippen LogP contribution in [0.5, 0.6) is 0 Å². The molecule has 12 rings (SSSR count). The second kappa shape index (κ2) is 26.2. The fourth-order valence-corrected chi connectivity index (χ4v) is 8.84. The van der Waals surface area contributed by atoms with E-state index in [9.17, 15) is 0 Å². The van der Waals surface area contributed by atoms with Gasteiger partial charge in [0, 0.05) is 18.6 Å². The van der Waals surface area contributed by atoms with Crippen LogP contribution in [0.2, 0.25) is 0 Å². The molecule has 368 valence electrons. The molecule has 0 N–H and O–H groups in total. The average Bonchev–Trinajstić information content (AvgIpc) is 3.52. The van der Waals surface area contributed by atoms with Crippen LogP contribution in [-0.2, 0) is 20.1 Å². The molecule has 0 aliphatic carbocycles. The Morgan fingerprint density at radius 2 is 0.571 bits per heavy atom. The summed E-state index contributed by atoms with van der Waals surface area (Å²) >= 11 is 0. The van der Waals surface area contributed by atoms with Crippen LogP contribution in [0.1, 0.15) is 11.1 Å². The number of aromatic nitrogens is 3. The summed E-state index contributed by atoms with van der Waals surface area (Å²) in [6.45, 7) is 7.67. The van der Waals surface area contributed by atoms with E-state index in [2.05, 4.69) is 216 Å². The minimum Gasteiger partial charge on any atom is -0.305 e. The Labute approximate surface area is 466 Å². The van der Waals surface area contributed by atoms with E-state index in [0.717, 1.165) is 56.0 Å². The first kappa shape index (κ1) is 52.4. The predicted molar refractivity (Wildman–Crippen MR) is 318 cm³/mol. The quantitative estimate of drug-likeness (QED) is 0.121. The minimum absolute atomic E-state index is 0. The summed E-state index contributed by atoms with van der Waals surface area (Å²) in [7, 11) is 0. The van der Waals surface area contributed by atoms with Gasteiger partial charge in [0.25, 0.3) is 0 Å². The SMILES string of the molecule is C=Cc1ccc(-c2cccc(-c3cccc(-c4cc[c-]c(-c5ccccn5)c4)c3)c2)cc1.C=Cc1ccc(-c2cccc(-c3cccc(-c4cc[c-]c(-c5ccccn5)c4)c3)c2)cc1.[Ir+3].[c-]1ccccc1-c1ccccn1. The normalized spacial score (nSPS) is 10.3. The van der Waals surface area contributed by atoms with Crippen molar-refractivity contribution in [1.29, 1.82) is 0 Å². The molecule has 0 fully saturated rings. The van der Waals surface area contributed by atoms with E-state index in [0.29, 0.717) is 0 Å². The Balaban J connectivity index is 0.000000153. The number of nitrogens with zero attached hydrogens (tertiary/aromatic N) is 3. The monoisotopic (exact) mass is 1160 g/mol. The molecular formula is C73H52IrN3. The van der Waals surface area contributed by atoms with Crippen LogP contribution in [0.25, 0.3) is 113 Å². The maximum Gasteiger partial charge on any atom is 3.00 e. The Morgan fingerprint density at radius 3 is 0.883 bits per heavy atom. The number of hydrogen-bond acceptors (Lipinski definition) is 3. The van der Waals surface area contributed by atoms with Crippen molar-refractivity contribution in [3.05, 3.63) is 322 Å². The minimum atomic E-state index is 0. The molecule has 0 aliphatic heterocycles. The van der Waals surface area contributed by atoms with Gasteiger partial charge in [0.2, 0.25) is 0 Å². The zero-order valence-corrected chi connectivity index (χ0v) is 44.7. The fourth-order valence-electron chi connectivity index (χ4n) is 8.84. The van der Waals surface area contributed by atoms with E-state index >= 15 is 0 Å². The molecule has 77 heavy (non-hydrogen) atoms. The van der Waals surface area contributed by atoms with Crippen LogP contribution >= 0.6 is 0 Å². The molecule has 3 nitrogen and oxygen atoms in total. The summed E-state index contributed by atoms with van der Waals surface area (Å²) in [6.07, 6.45) is 9.15. The van der Waals surface area contributed by atoms with Crippen molar-refractivity contribution >= 4 is 12.2 Å². The van der Waals surface area contributed by atoms with Crippen molar-refractivity contribution in [1.82, 2.24) is 15.0 Å². The molecule has 0 amide bonds. The summed E-state index contributed by atoms with van der Waals surface area (Å²) in [5, 5.41) is 0. The van der Waals surface area contributed by atoms with E-state index in [-0.39, 0.29) is 20.1 Å². The van der Waals surface area contributed by atoms with Crippen molar-refractivity contribution in [2.75, 3.05) is 0 Å². The van der Waals surface area contributed by atoms with Gasteiger partial charge in [0.15, 0.2) is 0 Å². The van der Waals surface area contributed by atoms with Crippen LogP contribution in [-0.4, -0.2) is 15.0 Å². The molecular weight excluding hydrogens is 1110 g/mol. The zero-order chi connectivity index (χ0) is 51.7. The van der Waals surface area contributed by atoms with Gasteiger partial charge in [0.1, 0.15) is 0 Å². The van der Waals surface area contributed by atoms with Crippen LogP contribution in [0.4, 0.5) is 0 Å². The largest absolute Gasteiger partial charge is 3.00 e. The molecule has 0 unspecified atom stereocenters. The third-order valence-corrected chi connectivity index (χ3v) is 12.9. The molecule has 0 atom stereocenters. The van der Waals surface area contributed by atoms with E-state index in [1.807, 2.05) is 116 Å². The molecule has 0 spiro atoms. The van der Waals surface area contributed by atoms with Gasteiger partial charge in [-0.15, -0.1) is 107 Å². The second-order valence-electron chi connectivity index (χ2n) is 17.9. The topological polar surface area (TPSA) is 38.7 Å². The average molecular weight is 1160 g/mol. The van der Waals surface area contributed by atoms with E-state index in [1.165, 1.54) is 55.6 Å². The molecule has 9 aromatic carbocycles. The Morgan fingerprint density at radius 1 is 0.260 bits per heavy atom.